The summed E-state index contributed by atoms with van der Waals surface area (Å²) in [6.07, 6.45) is 5.02. The van der Waals surface area contributed by atoms with Crippen LogP contribution in [0.2, 0.25) is 0 Å². The highest BCUT2D eigenvalue weighted by Crippen LogP contribution is 2.38. The van der Waals surface area contributed by atoms with E-state index in [2.05, 4.69) is 20.4 Å². The number of methoxy groups -OCH3 is 1. The second-order valence-corrected chi connectivity index (χ2v) is 8.36. The van der Waals surface area contributed by atoms with E-state index in [4.69, 9.17) is 9.47 Å². The second-order valence-electron chi connectivity index (χ2n) is 8.36. The first-order valence-corrected chi connectivity index (χ1v) is 10.9. The van der Waals surface area contributed by atoms with E-state index in [1.54, 1.807) is 11.8 Å². The van der Waals surface area contributed by atoms with Crippen molar-refractivity contribution < 1.29 is 14.3 Å². The number of fused-ring (bicyclic) bond motifs is 1. The lowest BCUT2D eigenvalue weighted by molar-refractivity contribution is -0.133. The molecular formula is C25H25N5O3. The van der Waals surface area contributed by atoms with Gasteiger partial charge in [-0.1, -0.05) is 30.3 Å². The maximum Gasteiger partial charge on any atom is 0.256 e. The van der Waals surface area contributed by atoms with Gasteiger partial charge in [-0.05, 0) is 25.8 Å². The summed E-state index contributed by atoms with van der Waals surface area (Å²) >= 11 is 0. The van der Waals surface area contributed by atoms with E-state index in [1.165, 1.54) is 6.33 Å². The fourth-order valence-electron chi connectivity index (χ4n) is 4.25. The van der Waals surface area contributed by atoms with Crippen LogP contribution in [0.4, 0.5) is 5.69 Å². The molecule has 3 heterocycles. The Kier molecular flexibility index (Phi) is 5.30. The van der Waals surface area contributed by atoms with Gasteiger partial charge in [0.15, 0.2) is 0 Å². The number of aromatic nitrogens is 4. The fraction of sp³-hybridized carbons (Fsp3) is 0.280. The maximum absolute atomic E-state index is 13.0. The van der Waals surface area contributed by atoms with Crippen molar-refractivity contribution in [3.63, 3.8) is 0 Å². The van der Waals surface area contributed by atoms with Gasteiger partial charge < -0.3 is 14.8 Å². The van der Waals surface area contributed by atoms with Crippen LogP contribution in [0.1, 0.15) is 19.8 Å². The second kappa shape index (κ2) is 8.29. The summed E-state index contributed by atoms with van der Waals surface area (Å²) in [7, 11) is 3.46. The molecule has 0 unspecified atom stereocenters. The molecule has 1 aliphatic rings. The van der Waals surface area contributed by atoms with Gasteiger partial charge in [0, 0.05) is 42.4 Å². The third-order valence-corrected chi connectivity index (χ3v) is 6.04. The van der Waals surface area contributed by atoms with Gasteiger partial charge in [-0.2, -0.15) is 5.10 Å². The molecule has 0 bridgehead atoms. The van der Waals surface area contributed by atoms with Crippen molar-refractivity contribution >= 4 is 22.5 Å². The lowest BCUT2D eigenvalue weighted by Crippen LogP contribution is -2.39. The smallest absolute Gasteiger partial charge is 0.256 e. The van der Waals surface area contributed by atoms with Gasteiger partial charge >= 0.3 is 0 Å². The number of rotatable bonds is 5. The van der Waals surface area contributed by atoms with Crippen LogP contribution in [-0.4, -0.2) is 45.0 Å². The number of nitrogens with zero attached hydrogens (tertiary/aromatic N) is 4. The Labute approximate surface area is 191 Å². The molecule has 1 amide bonds. The minimum Gasteiger partial charge on any atom is -0.494 e. The third kappa shape index (κ3) is 3.82. The van der Waals surface area contributed by atoms with Gasteiger partial charge in [-0.15, -0.1) is 0 Å². The van der Waals surface area contributed by atoms with E-state index in [0.717, 1.165) is 34.3 Å². The van der Waals surface area contributed by atoms with Crippen LogP contribution >= 0.6 is 0 Å². The summed E-state index contributed by atoms with van der Waals surface area (Å²) in [5, 5.41) is 8.46. The first kappa shape index (κ1) is 21.1. The summed E-state index contributed by atoms with van der Waals surface area (Å²) in [5.41, 5.74) is 3.84. The first-order chi connectivity index (χ1) is 16.0. The molecule has 8 nitrogen and oxygen atoms in total. The summed E-state index contributed by atoms with van der Waals surface area (Å²) in [4.78, 5) is 22.0. The number of hydrogen-bond donors (Lipinski definition) is 1. The first-order valence-electron chi connectivity index (χ1n) is 10.9. The van der Waals surface area contributed by atoms with E-state index in [0.29, 0.717) is 30.0 Å². The highest BCUT2D eigenvalue weighted by molar-refractivity contribution is 6.03. The molecule has 4 aromatic rings. The Bertz CT molecular complexity index is 1330. The molecule has 1 aliphatic heterocycles. The number of anilines is 1. The molecule has 1 N–H and O–H groups in total. The van der Waals surface area contributed by atoms with Crippen molar-refractivity contribution in [2.24, 2.45) is 7.05 Å². The molecule has 33 heavy (non-hydrogen) atoms. The maximum atomic E-state index is 13.0. The van der Waals surface area contributed by atoms with Gasteiger partial charge in [0.25, 0.3) is 5.91 Å². The fourth-order valence-corrected chi connectivity index (χ4v) is 4.25. The van der Waals surface area contributed by atoms with E-state index >= 15 is 0 Å². The van der Waals surface area contributed by atoms with E-state index in [-0.39, 0.29) is 5.91 Å². The van der Waals surface area contributed by atoms with Crippen molar-refractivity contribution in [2.45, 2.75) is 25.4 Å². The van der Waals surface area contributed by atoms with Crippen molar-refractivity contribution in [3.8, 4) is 28.3 Å². The topological polar surface area (TPSA) is 91.2 Å². The lowest BCUT2D eigenvalue weighted by atomic mass is 10.0. The average molecular weight is 444 g/mol. The third-order valence-electron chi connectivity index (χ3n) is 6.04. The number of benzene rings is 2. The van der Waals surface area contributed by atoms with Gasteiger partial charge in [0.2, 0.25) is 0 Å². The number of amides is 1. The molecule has 1 saturated heterocycles. The Hall–Kier alpha value is -3.78. The molecule has 0 radical (unpaired) electrons. The molecule has 0 spiro atoms. The van der Waals surface area contributed by atoms with E-state index in [1.807, 2.05) is 62.6 Å². The van der Waals surface area contributed by atoms with Crippen molar-refractivity contribution in [1.29, 1.82) is 0 Å². The van der Waals surface area contributed by atoms with Crippen molar-refractivity contribution in [1.82, 2.24) is 19.7 Å². The summed E-state index contributed by atoms with van der Waals surface area (Å²) in [6.45, 7) is 2.40. The van der Waals surface area contributed by atoms with Crippen LogP contribution in [0.5, 0.6) is 5.75 Å². The van der Waals surface area contributed by atoms with Crippen molar-refractivity contribution in [2.75, 3.05) is 19.0 Å². The summed E-state index contributed by atoms with van der Waals surface area (Å²) in [5.74, 6) is 0.332. The molecule has 2 aromatic heterocycles. The summed E-state index contributed by atoms with van der Waals surface area (Å²) < 4.78 is 13.0. The largest absolute Gasteiger partial charge is 0.494 e. The monoisotopic (exact) mass is 443 g/mol. The van der Waals surface area contributed by atoms with Crippen LogP contribution in [0, 0.1) is 0 Å². The van der Waals surface area contributed by atoms with Crippen LogP contribution in [0.3, 0.4) is 0 Å². The van der Waals surface area contributed by atoms with Crippen molar-refractivity contribution in [3.05, 3.63) is 55.0 Å². The quantitative estimate of drug-likeness (QED) is 0.497. The minimum absolute atomic E-state index is 0.192. The number of nitrogens with one attached hydrogen (secondary N) is 1. The molecular weight excluding hydrogens is 418 g/mol. The zero-order valence-corrected chi connectivity index (χ0v) is 18.8. The number of hydrogen-bond acceptors (Lipinski definition) is 6. The van der Waals surface area contributed by atoms with E-state index < -0.39 is 5.60 Å². The average Bonchev–Trinajstić information content (AvgIpc) is 3.45. The SMILES string of the molecule is COc1cc2ncnc(-c3cn(C)nc3-c3ccccc3)c2cc1NC(=O)[C@@]1(C)CCCO1. The number of carbonyl (C=O) groups is 1. The number of carbonyl (C=O) groups excluding carboxylic acids is 1. The predicted molar refractivity (Wildman–Crippen MR) is 126 cm³/mol. The van der Waals surface area contributed by atoms with Crippen LogP contribution in [-0.2, 0) is 16.6 Å². The Morgan fingerprint density at radius 3 is 2.73 bits per heavy atom. The molecule has 168 valence electrons. The Morgan fingerprint density at radius 1 is 1.18 bits per heavy atom. The van der Waals surface area contributed by atoms with Gasteiger partial charge in [-0.25, -0.2) is 9.97 Å². The molecule has 1 atom stereocenters. The standard InChI is InChI=1S/C25H25N5O3/c1-25(10-7-11-33-25)24(31)28-20-12-17-19(13-21(20)32-3)26-15-27-23(17)18-14-30(2)29-22(18)16-8-5-4-6-9-16/h4-6,8-9,12-15H,7,10-11H2,1-3H3,(H,28,31)/t25-/m1/s1. The van der Waals surface area contributed by atoms with Crippen LogP contribution in [0.25, 0.3) is 33.4 Å². The number of ether oxygens (including phenoxy) is 2. The molecule has 8 heteroatoms. The lowest BCUT2D eigenvalue weighted by Gasteiger charge is -2.23. The summed E-state index contributed by atoms with van der Waals surface area (Å²) in [6, 6.07) is 13.7. The number of aryl methyl sites for hydroxylation is 1. The minimum atomic E-state index is -0.847. The highest BCUT2D eigenvalue weighted by Gasteiger charge is 2.38. The molecule has 2 aromatic carbocycles. The van der Waals surface area contributed by atoms with Gasteiger partial charge in [0.1, 0.15) is 23.4 Å². The Morgan fingerprint density at radius 2 is 2.00 bits per heavy atom. The molecule has 5 rings (SSSR count). The Balaban J connectivity index is 1.64. The predicted octanol–water partition coefficient (Wildman–Crippen LogP) is 4.21. The highest BCUT2D eigenvalue weighted by atomic mass is 16.5. The zero-order valence-electron chi connectivity index (χ0n) is 18.8. The van der Waals surface area contributed by atoms with Gasteiger partial charge in [0.05, 0.1) is 24.0 Å². The van der Waals surface area contributed by atoms with Crippen LogP contribution in [0.15, 0.2) is 55.0 Å². The van der Waals surface area contributed by atoms with E-state index in [9.17, 15) is 4.79 Å². The molecule has 0 saturated carbocycles. The molecule has 0 aliphatic carbocycles. The van der Waals surface area contributed by atoms with Gasteiger partial charge in [-0.3, -0.25) is 9.48 Å². The molecule has 1 fully saturated rings. The zero-order chi connectivity index (χ0) is 23.0. The normalized spacial score (nSPS) is 17.9. The van der Waals surface area contributed by atoms with Crippen LogP contribution < -0.4 is 10.1 Å².